The highest BCUT2D eigenvalue weighted by atomic mass is 14.8. The molecule has 0 aromatic carbocycles. The van der Waals surface area contributed by atoms with E-state index in [1.807, 2.05) is 6.08 Å². The average Bonchev–Trinajstić information content (AvgIpc) is 1.69. The first-order valence-corrected chi connectivity index (χ1v) is 2.37. The molecule has 0 aliphatic carbocycles. The second kappa shape index (κ2) is 1.82. The van der Waals surface area contributed by atoms with E-state index in [1.165, 1.54) is 5.57 Å². The van der Waals surface area contributed by atoms with E-state index in [0.29, 0.717) is 0 Å². The molecule has 0 fully saturated rings. The maximum atomic E-state index is 2.96. The zero-order valence-corrected chi connectivity index (χ0v) is 4.36. The van der Waals surface area contributed by atoms with E-state index in [-0.39, 0.29) is 0 Å². The smallest absolute Gasteiger partial charge is 0.0578 e. The van der Waals surface area contributed by atoms with Crippen molar-refractivity contribution in [3.05, 3.63) is 23.9 Å². The number of hydrogen-bond acceptors (Lipinski definition) is 1. The minimum absolute atomic E-state index is 0.955. The number of nitrogens with one attached hydrogen (secondary N) is 1. The van der Waals surface area contributed by atoms with Crippen LogP contribution < -0.4 is 5.32 Å². The highest BCUT2D eigenvalue weighted by Crippen LogP contribution is 1.92. The van der Waals surface area contributed by atoms with Crippen molar-refractivity contribution in [2.45, 2.75) is 6.92 Å². The van der Waals surface area contributed by atoms with Crippen LogP contribution in [0.3, 0.4) is 0 Å². The molecule has 0 aromatic rings. The third kappa shape index (κ3) is 1.07. The maximum Gasteiger partial charge on any atom is 0.0578 e. The summed E-state index contributed by atoms with van der Waals surface area (Å²) in [5.74, 6) is 0. The molecule has 0 spiro atoms. The number of dihydropyridines is 1. The molecule has 0 saturated carbocycles. The Hall–Kier alpha value is -0.720. The quantitative estimate of drug-likeness (QED) is 0.469. The summed E-state index contributed by atoms with van der Waals surface area (Å²) in [4.78, 5) is 0. The maximum absolute atomic E-state index is 2.96. The normalized spacial score (nSPS) is 18.1. The number of hydrogen-bond donors (Lipinski definition) is 1. The van der Waals surface area contributed by atoms with Crippen LogP contribution in [0.5, 0.6) is 0 Å². The van der Waals surface area contributed by atoms with Crippen LogP contribution in [-0.2, 0) is 0 Å². The summed E-state index contributed by atoms with van der Waals surface area (Å²) in [6, 6.07) is 0. The van der Waals surface area contributed by atoms with Crippen LogP contribution in [0, 0.1) is 6.20 Å². The molecule has 1 aliphatic heterocycles. The molecule has 1 radical (unpaired) electrons. The largest absolute Gasteiger partial charge is 0.380 e. The fourth-order valence-electron chi connectivity index (χ4n) is 0.492. The van der Waals surface area contributed by atoms with Gasteiger partial charge < -0.3 is 5.32 Å². The highest BCUT2D eigenvalue weighted by Gasteiger charge is 1.87. The van der Waals surface area contributed by atoms with Gasteiger partial charge in [0.2, 0.25) is 0 Å². The molecule has 1 aliphatic rings. The summed E-state index contributed by atoms with van der Waals surface area (Å²) in [6.45, 7) is 3.04. The van der Waals surface area contributed by atoms with Gasteiger partial charge in [0.25, 0.3) is 0 Å². The standard InChI is InChI=1S/C6H8N/c1-6-3-2-4-7-5-6/h2-3,7H,5H2,1H3. The molecule has 0 atom stereocenters. The van der Waals surface area contributed by atoms with Gasteiger partial charge in [-0.25, -0.2) is 0 Å². The Kier molecular flexibility index (Phi) is 1.16. The summed E-state index contributed by atoms with van der Waals surface area (Å²) >= 11 is 0. The van der Waals surface area contributed by atoms with Gasteiger partial charge in [-0.2, -0.15) is 0 Å². The summed E-state index contributed by atoms with van der Waals surface area (Å²) < 4.78 is 0. The van der Waals surface area contributed by atoms with Crippen LogP contribution in [0.4, 0.5) is 0 Å². The summed E-state index contributed by atoms with van der Waals surface area (Å²) in [5, 5.41) is 2.96. The van der Waals surface area contributed by atoms with Gasteiger partial charge >= 0.3 is 0 Å². The molecule has 1 rings (SSSR count). The first-order chi connectivity index (χ1) is 3.39. The van der Waals surface area contributed by atoms with Crippen LogP contribution in [0.1, 0.15) is 6.92 Å². The van der Waals surface area contributed by atoms with Gasteiger partial charge in [-0.15, -0.1) is 0 Å². The minimum Gasteiger partial charge on any atom is -0.380 e. The Morgan fingerprint density at radius 1 is 1.86 bits per heavy atom. The molecular weight excluding hydrogens is 86.1 g/mol. The average molecular weight is 94.1 g/mol. The van der Waals surface area contributed by atoms with Gasteiger partial charge in [0.1, 0.15) is 0 Å². The molecule has 0 bridgehead atoms. The fourth-order valence-corrected chi connectivity index (χ4v) is 0.492. The topological polar surface area (TPSA) is 12.0 Å². The monoisotopic (exact) mass is 94.1 g/mol. The second-order valence-electron chi connectivity index (χ2n) is 1.68. The fraction of sp³-hybridized carbons (Fsp3) is 0.333. The molecule has 1 heterocycles. The zero-order chi connectivity index (χ0) is 5.11. The molecule has 1 nitrogen and oxygen atoms in total. The Morgan fingerprint density at radius 2 is 2.71 bits per heavy atom. The minimum atomic E-state index is 0.955. The van der Waals surface area contributed by atoms with Gasteiger partial charge in [-0.1, -0.05) is 11.6 Å². The SMILES string of the molecule is CC1=CC=[C]NC1. The van der Waals surface area contributed by atoms with E-state index in [4.69, 9.17) is 0 Å². The van der Waals surface area contributed by atoms with Crippen molar-refractivity contribution in [2.75, 3.05) is 6.54 Å². The second-order valence-corrected chi connectivity index (χ2v) is 1.68. The molecular formula is C6H8N. The van der Waals surface area contributed by atoms with Gasteiger partial charge in [0, 0.05) is 6.54 Å². The van der Waals surface area contributed by atoms with Crippen molar-refractivity contribution in [1.82, 2.24) is 5.32 Å². The zero-order valence-electron chi connectivity index (χ0n) is 4.36. The molecule has 1 N–H and O–H groups in total. The van der Waals surface area contributed by atoms with Crippen LogP contribution in [0.2, 0.25) is 0 Å². The number of rotatable bonds is 0. The molecule has 1 heteroatoms. The lowest BCUT2D eigenvalue weighted by Gasteiger charge is -2.01. The van der Waals surface area contributed by atoms with Crippen molar-refractivity contribution >= 4 is 0 Å². The molecule has 37 valence electrons. The Labute approximate surface area is 43.7 Å². The van der Waals surface area contributed by atoms with E-state index < -0.39 is 0 Å². The van der Waals surface area contributed by atoms with Crippen LogP contribution in [-0.4, -0.2) is 6.54 Å². The Morgan fingerprint density at radius 3 is 3.00 bits per heavy atom. The van der Waals surface area contributed by atoms with Crippen LogP contribution in [0.15, 0.2) is 17.7 Å². The van der Waals surface area contributed by atoms with E-state index in [1.54, 1.807) is 0 Å². The first-order valence-electron chi connectivity index (χ1n) is 2.37. The van der Waals surface area contributed by atoms with E-state index in [9.17, 15) is 0 Å². The third-order valence-electron chi connectivity index (χ3n) is 0.920. The molecule has 0 saturated heterocycles. The summed E-state index contributed by atoms with van der Waals surface area (Å²) in [7, 11) is 0. The highest BCUT2D eigenvalue weighted by molar-refractivity contribution is 5.13. The number of allylic oxidation sites excluding steroid dienone is 2. The van der Waals surface area contributed by atoms with Crippen LogP contribution in [0.25, 0.3) is 0 Å². The summed E-state index contributed by atoms with van der Waals surface area (Å²) in [5.41, 5.74) is 1.36. The van der Waals surface area contributed by atoms with E-state index in [2.05, 4.69) is 24.5 Å². The van der Waals surface area contributed by atoms with Crippen molar-refractivity contribution in [3.63, 3.8) is 0 Å². The van der Waals surface area contributed by atoms with Gasteiger partial charge in [0.05, 0.1) is 6.20 Å². The predicted octanol–water partition coefficient (Wildman–Crippen LogP) is 0.853. The van der Waals surface area contributed by atoms with Crippen molar-refractivity contribution < 1.29 is 0 Å². The van der Waals surface area contributed by atoms with E-state index >= 15 is 0 Å². The Bertz CT molecular complexity index is 111. The lowest BCUT2D eigenvalue weighted by molar-refractivity contribution is 0.895. The molecule has 7 heavy (non-hydrogen) atoms. The molecule has 0 aromatic heterocycles. The summed E-state index contributed by atoms with van der Waals surface area (Å²) in [6.07, 6.45) is 6.80. The van der Waals surface area contributed by atoms with Crippen molar-refractivity contribution in [2.24, 2.45) is 0 Å². The van der Waals surface area contributed by atoms with Crippen molar-refractivity contribution in [3.8, 4) is 0 Å². The Balaban J connectivity index is 2.57. The van der Waals surface area contributed by atoms with E-state index in [0.717, 1.165) is 6.54 Å². The lowest BCUT2D eigenvalue weighted by Crippen LogP contribution is -2.10. The third-order valence-corrected chi connectivity index (χ3v) is 0.920. The van der Waals surface area contributed by atoms with Gasteiger partial charge in [0.15, 0.2) is 0 Å². The predicted molar refractivity (Wildman–Crippen MR) is 29.6 cm³/mol. The molecule has 0 unspecified atom stereocenters. The van der Waals surface area contributed by atoms with Gasteiger partial charge in [-0.05, 0) is 13.0 Å². The van der Waals surface area contributed by atoms with Crippen LogP contribution >= 0.6 is 0 Å². The van der Waals surface area contributed by atoms with Crippen molar-refractivity contribution in [1.29, 1.82) is 0 Å². The first kappa shape index (κ1) is 4.44. The lowest BCUT2D eigenvalue weighted by atomic mass is 10.2. The van der Waals surface area contributed by atoms with Gasteiger partial charge in [-0.3, -0.25) is 0 Å². The molecule has 0 amide bonds.